The minimum atomic E-state index is -4.11. The molecule has 19 heavy (non-hydrogen) atoms. The van der Waals surface area contributed by atoms with Gasteiger partial charge in [0.05, 0.1) is 6.04 Å². The van der Waals surface area contributed by atoms with E-state index in [4.69, 9.17) is 9.88 Å². The summed E-state index contributed by atoms with van der Waals surface area (Å²) in [5.41, 5.74) is -0.758. The second kappa shape index (κ2) is 5.64. The minimum absolute atomic E-state index is 0.430. The fraction of sp³-hybridized carbons (Fsp3) is 0.909. The standard InChI is InChI=1S/C11H23N3O4S/c1-11(2,3)18-10(15)14(19(12,16)17)9-5-7-13(4)8-6-9/h9H,5-8H2,1-4H3,(H2,12,16,17). The zero-order valence-corrected chi connectivity index (χ0v) is 12.7. The number of ether oxygens (including phenoxy) is 1. The maximum Gasteiger partial charge on any atom is 0.425 e. The molecule has 0 aromatic carbocycles. The molecule has 1 aliphatic heterocycles. The lowest BCUT2D eigenvalue weighted by Gasteiger charge is -2.36. The van der Waals surface area contributed by atoms with Crippen LogP contribution in [0, 0.1) is 0 Å². The summed E-state index contributed by atoms with van der Waals surface area (Å²) in [6.07, 6.45) is 0.225. The Bertz CT molecular complexity index is 422. The van der Waals surface area contributed by atoms with Gasteiger partial charge in [-0.15, -0.1) is 0 Å². The second-order valence-electron chi connectivity index (χ2n) is 5.86. The normalized spacial score (nSPS) is 19.2. The van der Waals surface area contributed by atoms with Crippen LogP contribution in [-0.2, 0) is 14.9 Å². The second-order valence-corrected chi connectivity index (χ2v) is 7.28. The van der Waals surface area contributed by atoms with E-state index in [1.807, 2.05) is 7.05 Å². The van der Waals surface area contributed by atoms with Gasteiger partial charge in [-0.05, 0) is 53.8 Å². The van der Waals surface area contributed by atoms with Crippen molar-refractivity contribution in [3.63, 3.8) is 0 Å². The van der Waals surface area contributed by atoms with Crippen LogP contribution in [0.25, 0.3) is 0 Å². The van der Waals surface area contributed by atoms with Crippen molar-refractivity contribution in [1.29, 1.82) is 0 Å². The lowest BCUT2D eigenvalue weighted by atomic mass is 10.1. The Kier molecular flexibility index (Phi) is 4.81. The molecule has 0 unspecified atom stereocenters. The molecule has 0 saturated carbocycles. The van der Waals surface area contributed by atoms with Crippen molar-refractivity contribution in [2.24, 2.45) is 5.14 Å². The van der Waals surface area contributed by atoms with E-state index in [0.717, 1.165) is 13.1 Å². The number of carbonyl (C=O) groups is 1. The molecule has 0 aliphatic carbocycles. The third-order valence-electron chi connectivity index (χ3n) is 2.87. The highest BCUT2D eigenvalue weighted by Gasteiger charge is 2.36. The number of piperidine rings is 1. The summed E-state index contributed by atoms with van der Waals surface area (Å²) in [6, 6.07) is -0.430. The highest BCUT2D eigenvalue weighted by molar-refractivity contribution is 7.87. The number of amides is 1. The van der Waals surface area contributed by atoms with Gasteiger partial charge < -0.3 is 9.64 Å². The molecular weight excluding hydrogens is 270 g/mol. The molecule has 1 saturated heterocycles. The van der Waals surface area contributed by atoms with Gasteiger partial charge in [-0.2, -0.15) is 12.7 Å². The zero-order valence-electron chi connectivity index (χ0n) is 11.9. The van der Waals surface area contributed by atoms with Crippen molar-refractivity contribution in [3.8, 4) is 0 Å². The smallest absolute Gasteiger partial charge is 0.425 e. The van der Waals surface area contributed by atoms with Crippen molar-refractivity contribution in [2.75, 3.05) is 20.1 Å². The third-order valence-corrected chi connectivity index (χ3v) is 3.86. The molecule has 0 spiro atoms. The molecule has 1 rings (SSSR count). The largest absolute Gasteiger partial charge is 0.443 e. The first-order valence-corrected chi connectivity index (χ1v) is 7.75. The Morgan fingerprint density at radius 3 is 2.16 bits per heavy atom. The van der Waals surface area contributed by atoms with E-state index >= 15 is 0 Å². The molecule has 7 nitrogen and oxygen atoms in total. The fourth-order valence-corrected chi connectivity index (χ4v) is 2.87. The van der Waals surface area contributed by atoms with E-state index in [-0.39, 0.29) is 0 Å². The van der Waals surface area contributed by atoms with Gasteiger partial charge in [0.2, 0.25) is 0 Å². The number of likely N-dealkylation sites (tertiary alicyclic amines) is 1. The number of rotatable bonds is 2. The lowest BCUT2D eigenvalue weighted by Crippen LogP contribution is -2.52. The van der Waals surface area contributed by atoms with Crippen LogP contribution in [0.1, 0.15) is 33.6 Å². The third kappa shape index (κ3) is 4.96. The average Bonchev–Trinajstić information content (AvgIpc) is 2.16. The van der Waals surface area contributed by atoms with Crippen LogP contribution in [0.4, 0.5) is 4.79 Å². The summed E-state index contributed by atoms with van der Waals surface area (Å²) >= 11 is 0. The number of nitrogens with zero attached hydrogens (tertiary/aromatic N) is 2. The number of hydrogen-bond donors (Lipinski definition) is 1. The molecule has 0 radical (unpaired) electrons. The van der Waals surface area contributed by atoms with Crippen LogP contribution < -0.4 is 5.14 Å². The number of carbonyl (C=O) groups excluding carboxylic acids is 1. The van der Waals surface area contributed by atoms with Crippen molar-refractivity contribution in [3.05, 3.63) is 0 Å². The Labute approximate surface area is 114 Å². The van der Waals surface area contributed by atoms with Gasteiger partial charge >= 0.3 is 16.3 Å². The number of hydrogen-bond acceptors (Lipinski definition) is 5. The monoisotopic (exact) mass is 293 g/mol. The summed E-state index contributed by atoms with van der Waals surface area (Å²) in [5, 5.41) is 5.15. The first-order chi connectivity index (χ1) is 8.50. The lowest BCUT2D eigenvalue weighted by molar-refractivity contribution is 0.0294. The molecule has 0 aromatic rings. The van der Waals surface area contributed by atoms with Crippen LogP contribution in [0.2, 0.25) is 0 Å². The first-order valence-electron chi connectivity index (χ1n) is 6.24. The van der Waals surface area contributed by atoms with E-state index < -0.39 is 27.9 Å². The Morgan fingerprint density at radius 1 is 1.32 bits per heavy atom. The Morgan fingerprint density at radius 2 is 1.79 bits per heavy atom. The molecule has 112 valence electrons. The van der Waals surface area contributed by atoms with Gasteiger partial charge in [0, 0.05) is 0 Å². The molecule has 1 fully saturated rings. The highest BCUT2D eigenvalue weighted by Crippen LogP contribution is 2.20. The molecule has 2 N–H and O–H groups in total. The van der Waals surface area contributed by atoms with Gasteiger partial charge in [0.1, 0.15) is 5.60 Å². The van der Waals surface area contributed by atoms with E-state index in [1.54, 1.807) is 20.8 Å². The predicted molar refractivity (Wildman–Crippen MR) is 71.7 cm³/mol. The van der Waals surface area contributed by atoms with Gasteiger partial charge in [0.25, 0.3) is 0 Å². The molecule has 0 aromatic heterocycles. The summed E-state index contributed by atoms with van der Waals surface area (Å²) in [7, 11) is -2.16. The van der Waals surface area contributed by atoms with Gasteiger partial charge in [-0.3, -0.25) is 0 Å². The van der Waals surface area contributed by atoms with Crippen LogP contribution in [-0.4, -0.2) is 55.5 Å². The molecule has 1 heterocycles. The molecule has 0 bridgehead atoms. The zero-order chi connectivity index (χ0) is 14.8. The molecule has 1 amide bonds. The van der Waals surface area contributed by atoms with Crippen molar-refractivity contribution in [1.82, 2.24) is 9.21 Å². The molecular formula is C11H23N3O4S. The summed E-state index contributed by atoms with van der Waals surface area (Å²) < 4.78 is 29.1. The van der Waals surface area contributed by atoms with Crippen LogP contribution in [0.3, 0.4) is 0 Å². The molecule has 1 aliphatic rings. The van der Waals surface area contributed by atoms with E-state index in [1.165, 1.54) is 0 Å². The highest BCUT2D eigenvalue weighted by atomic mass is 32.2. The van der Waals surface area contributed by atoms with Crippen LogP contribution in [0.5, 0.6) is 0 Å². The van der Waals surface area contributed by atoms with Crippen LogP contribution in [0.15, 0.2) is 0 Å². The minimum Gasteiger partial charge on any atom is -0.443 e. The quantitative estimate of drug-likeness (QED) is 0.801. The summed E-state index contributed by atoms with van der Waals surface area (Å²) in [6.45, 7) is 6.49. The summed E-state index contributed by atoms with van der Waals surface area (Å²) in [5.74, 6) is 0. The van der Waals surface area contributed by atoms with E-state index in [9.17, 15) is 13.2 Å². The Balaban J connectivity index is 2.87. The molecule has 0 atom stereocenters. The van der Waals surface area contributed by atoms with Crippen LogP contribution >= 0.6 is 0 Å². The number of nitrogens with two attached hydrogens (primary N) is 1. The van der Waals surface area contributed by atoms with Crippen molar-refractivity contribution < 1.29 is 17.9 Å². The van der Waals surface area contributed by atoms with Gasteiger partial charge in [0.15, 0.2) is 0 Å². The van der Waals surface area contributed by atoms with E-state index in [0.29, 0.717) is 17.1 Å². The van der Waals surface area contributed by atoms with E-state index in [2.05, 4.69) is 4.90 Å². The maximum atomic E-state index is 12.0. The summed E-state index contributed by atoms with van der Waals surface area (Å²) in [4.78, 5) is 14.1. The Hall–Kier alpha value is -0.860. The SMILES string of the molecule is CN1CCC(N(C(=O)OC(C)(C)C)S(N)(=O)=O)CC1. The van der Waals surface area contributed by atoms with Gasteiger partial charge in [-0.25, -0.2) is 9.93 Å². The van der Waals surface area contributed by atoms with Crippen molar-refractivity contribution >= 4 is 16.3 Å². The predicted octanol–water partition coefficient (Wildman–Crippen LogP) is 0.521. The molecule has 8 heteroatoms. The topological polar surface area (TPSA) is 92.9 Å². The fourth-order valence-electron chi connectivity index (χ4n) is 2.00. The first kappa shape index (κ1) is 16.2. The van der Waals surface area contributed by atoms with Crippen molar-refractivity contribution in [2.45, 2.75) is 45.3 Å². The van der Waals surface area contributed by atoms with Gasteiger partial charge in [-0.1, -0.05) is 0 Å². The average molecular weight is 293 g/mol. The maximum absolute atomic E-state index is 12.0.